The molecule has 0 aromatic heterocycles. The minimum Gasteiger partial charge on any atom is -0.497 e. The average Bonchev–Trinajstić information content (AvgIpc) is 2.78. The Hall–Kier alpha value is -3.67. The van der Waals surface area contributed by atoms with Gasteiger partial charge in [-0.1, -0.05) is 30.3 Å². The molecular weight excluding hydrogens is 382 g/mol. The van der Waals surface area contributed by atoms with Gasteiger partial charge in [-0.2, -0.15) is 0 Å². The molecule has 30 heavy (non-hydrogen) atoms. The van der Waals surface area contributed by atoms with E-state index in [1.165, 1.54) is 13.2 Å². The lowest BCUT2D eigenvalue weighted by atomic mass is 9.78. The summed E-state index contributed by atoms with van der Waals surface area (Å²) in [6, 6.07) is 20.0. The summed E-state index contributed by atoms with van der Waals surface area (Å²) < 4.78 is 11.0. The third kappa shape index (κ3) is 3.89. The molecule has 0 saturated carbocycles. The molecule has 1 atom stereocenters. The molecule has 0 spiro atoms. The van der Waals surface area contributed by atoms with Crippen LogP contribution in [0.1, 0.15) is 39.4 Å². The van der Waals surface area contributed by atoms with E-state index in [4.69, 9.17) is 9.47 Å². The number of carbonyl (C=O) groups is 1. The molecule has 1 aliphatic carbocycles. The van der Waals surface area contributed by atoms with Gasteiger partial charge in [-0.25, -0.2) is 0 Å². The van der Waals surface area contributed by atoms with Crippen LogP contribution in [0.3, 0.4) is 0 Å². The van der Waals surface area contributed by atoms with Crippen LogP contribution in [0.5, 0.6) is 11.5 Å². The lowest BCUT2D eigenvalue weighted by Gasteiger charge is -2.24. The van der Waals surface area contributed by atoms with Gasteiger partial charge in [0.2, 0.25) is 0 Å². The summed E-state index contributed by atoms with van der Waals surface area (Å²) in [7, 11) is 1.46. The molecular formula is C24H21NO5. The molecule has 0 aliphatic heterocycles. The Morgan fingerprint density at radius 1 is 1.03 bits per heavy atom. The van der Waals surface area contributed by atoms with Gasteiger partial charge in [0.1, 0.15) is 18.1 Å². The Kier molecular flexibility index (Phi) is 5.48. The second-order valence-corrected chi connectivity index (χ2v) is 7.23. The third-order valence-electron chi connectivity index (χ3n) is 5.42. The Bertz CT molecular complexity index is 1090. The molecule has 3 aromatic rings. The highest BCUT2D eigenvalue weighted by atomic mass is 16.6. The maximum Gasteiger partial charge on any atom is 0.277 e. The Morgan fingerprint density at radius 3 is 2.53 bits per heavy atom. The van der Waals surface area contributed by atoms with E-state index < -0.39 is 10.8 Å². The number of hydrogen-bond acceptors (Lipinski definition) is 5. The van der Waals surface area contributed by atoms with Crippen molar-refractivity contribution in [3.8, 4) is 11.5 Å². The lowest BCUT2D eigenvalue weighted by molar-refractivity contribution is -0.385. The first-order chi connectivity index (χ1) is 14.6. The topological polar surface area (TPSA) is 78.7 Å². The van der Waals surface area contributed by atoms with Gasteiger partial charge in [0.05, 0.1) is 24.0 Å². The monoisotopic (exact) mass is 403 g/mol. The number of methoxy groups -OCH3 is 1. The minimum absolute atomic E-state index is 0.0843. The highest BCUT2D eigenvalue weighted by Gasteiger charge is 2.33. The molecule has 1 unspecified atom stereocenters. The van der Waals surface area contributed by atoms with Gasteiger partial charge >= 0.3 is 0 Å². The normalized spacial score (nSPS) is 15.4. The number of nitro groups is 1. The van der Waals surface area contributed by atoms with E-state index in [1.54, 1.807) is 24.3 Å². The van der Waals surface area contributed by atoms with Crippen molar-refractivity contribution >= 4 is 11.5 Å². The number of ether oxygens (including phenoxy) is 2. The first-order valence-electron chi connectivity index (χ1n) is 9.73. The van der Waals surface area contributed by atoms with Crippen LogP contribution in [0, 0.1) is 10.1 Å². The molecule has 1 aliphatic rings. The molecule has 4 rings (SSSR count). The van der Waals surface area contributed by atoms with Gasteiger partial charge in [0, 0.05) is 11.1 Å². The average molecular weight is 403 g/mol. The zero-order chi connectivity index (χ0) is 21.1. The largest absolute Gasteiger partial charge is 0.497 e. The fourth-order valence-electron chi connectivity index (χ4n) is 3.87. The molecule has 0 saturated heterocycles. The number of carbonyl (C=O) groups excluding carboxylic acids is 1. The number of benzene rings is 3. The van der Waals surface area contributed by atoms with Crippen LogP contribution >= 0.6 is 0 Å². The molecule has 0 fully saturated rings. The zero-order valence-corrected chi connectivity index (χ0v) is 16.5. The molecule has 0 heterocycles. The summed E-state index contributed by atoms with van der Waals surface area (Å²) in [5.41, 5.74) is 2.93. The van der Waals surface area contributed by atoms with Crippen molar-refractivity contribution in [1.29, 1.82) is 0 Å². The lowest BCUT2D eigenvalue weighted by Crippen LogP contribution is -2.22. The first-order valence-corrected chi connectivity index (χ1v) is 9.73. The molecule has 0 amide bonds. The maximum atomic E-state index is 13.1. The van der Waals surface area contributed by atoms with Gasteiger partial charge in [-0.3, -0.25) is 14.9 Å². The van der Waals surface area contributed by atoms with Crippen LogP contribution in [-0.4, -0.2) is 17.8 Å². The molecule has 0 bridgehead atoms. The number of rotatable bonds is 6. The number of aryl methyl sites for hydroxylation is 1. The van der Waals surface area contributed by atoms with Crippen molar-refractivity contribution in [2.24, 2.45) is 0 Å². The van der Waals surface area contributed by atoms with Crippen LogP contribution in [-0.2, 0) is 13.0 Å². The molecule has 6 nitrogen and oxygen atoms in total. The summed E-state index contributed by atoms with van der Waals surface area (Å²) in [6.45, 7) is 0.453. The SMILES string of the molecule is COc1ccc(C2CCc3cc(OCc4ccccc4)ccc3C2=O)c([N+](=O)[O-])c1. The zero-order valence-electron chi connectivity index (χ0n) is 16.5. The highest BCUT2D eigenvalue weighted by Crippen LogP contribution is 2.39. The van der Waals surface area contributed by atoms with Crippen LogP contribution < -0.4 is 9.47 Å². The fourth-order valence-corrected chi connectivity index (χ4v) is 3.87. The summed E-state index contributed by atoms with van der Waals surface area (Å²) in [5, 5.41) is 11.5. The second kappa shape index (κ2) is 8.37. The highest BCUT2D eigenvalue weighted by molar-refractivity contribution is 6.03. The number of Topliss-reactive ketones (excluding diaryl/α,β-unsaturated/α-hetero) is 1. The fraction of sp³-hybridized carbons (Fsp3) is 0.208. The number of nitrogens with zero attached hydrogens (tertiary/aromatic N) is 1. The van der Waals surface area contributed by atoms with Gasteiger partial charge in [-0.05, 0) is 54.3 Å². The van der Waals surface area contributed by atoms with Gasteiger partial charge < -0.3 is 9.47 Å². The number of ketones is 1. The first kappa shape index (κ1) is 19.6. The number of nitro benzene ring substituents is 1. The van der Waals surface area contributed by atoms with E-state index >= 15 is 0 Å². The number of hydrogen-bond donors (Lipinski definition) is 0. The van der Waals surface area contributed by atoms with E-state index in [-0.39, 0.29) is 11.5 Å². The van der Waals surface area contributed by atoms with Crippen LogP contribution in [0.4, 0.5) is 5.69 Å². The minimum atomic E-state index is -0.542. The van der Waals surface area contributed by atoms with E-state index in [2.05, 4.69) is 0 Å². The predicted molar refractivity (Wildman–Crippen MR) is 112 cm³/mol. The van der Waals surface area contributed by atoms with E-state index in [0.717, 1.165) is 11.1 Å². The van der Waals surface area contributed by atoms with Crippen molar-refractivity contribution in [1.82, 2.24) is 0 Å². The smallest absolute Gasteiger partial charge is 0.277 e. The van der Waals surface area contributed by atoms with Crippen molar-refractivity contribution in [3.05, 3.63) is 99.1 Å². The summed E-state index contributed by atoms with van der Waals surface area (Å²) in [4.78, 5) is 24.2. The third-order valence-corrected chi connectivity index (χ3v) is 5.42. The van der Waals surface area contributed by atoms with E-state index in [1.807, 2.05) is 36.4 Å². The van der Waals surface area contributed by atoms with Crippen molar-refractivity contribution in [2.75, 3.05) is 7.11 Å². The van der Waals surface area contributed by atoms with Crippen LogP contribution in [0.25, 0.3) is 0 Å². The number of fused-ring (bicyclic) bond motifs is 1. The Balaban J connectivity index is 1.57. The Labute approximate surface area is 174 Å². The molecule has 0 N–H and O–H groups in total. The van der Waals surface area contributed by atoms with Gasteiger partial charge in [-0.15, -0.1) is 0 Å². The summed E-state index contributed by atoms with van der Waals surface area (Å²) in [5.74, 6) is 0.465. The van der Waals surface area contributed by atoms with Crippen molar-refractivity contribution in [2.45, 2.75) is 25.4 Å². The van der Waals surface area contributed by atoms with Gasteiger partial charge in [0.25, 0.3) is 5.69 Å². The molecule has 0 radical (unpaired) electrons. The molecule has 3 aromatic carbocycles. The van der Waals surface area contributed by atoms with E-state index in [9.17, 15) is 14.9 Å². The second-order valence-electron chi connectivity index (χ2n) is 7.23. The van der Waals surface area contributed by atoms with Crippen LogP contribution in [0.15, 0.2) is 66.7 Å². The van der Waals surface area contributed by atoms with Crippen molar-refractivity contribution in [3.63, 3.8) is 0 Å². The van der Waals surface area contributed by atoms with Crippen molar-refractivity contribution < 1.29 is 19.2 Å². The Morgan fingerprint density at radius 2 is 1.80 bits per heavy atom. The van der Waals surface area contributed by atoms with E-state index in [0.29, 0.717) is 42.1 Å². The molecule has 6 heteroatoms. The summed E-state index contributed by atoms with van der Waals surface area (Å²) >= 11 is 0. The quantitative estimate of drug-likeness (QED) is 0.423. The molecule has 152 valence electrons. The summed E-state index contributed by atoms with van der Waals surface area (Å²) in [6.07, 6.45) is 1.17. The van der Waals surface area contributed by atoms with Gasteiger partial charge in [0.15, 0.2) is 5.78 Å². The van der Waals surface area contributed by atoms with Crippen LogP contribution in [0.2, 0.25) is 0 Å². The standard InChI is InChI=1S/C24H21NO5/c1-29-18-8-12-21(23(14-18)25(27)28)22-10-7-17-13-19(9-11-20(17)24(22)26)30-15-16-5-3-2-4-6-16/h2-6,8-9,11-14,22H,7,10,15H2,1H3. The maximum absolute atomic E-state index is 13.1. The predicted octanol–water partition coefficient (Wildman–Crippen LogP) is 5.10.